The molecule has 0 spiro atoms. The van der Waals surface area contributed by atoms with Gasteiger partial charge in [0.05, 0.1) is 0 Å². The van der Waals surface area contributed by atoms with Crippen molar-refractivity contribution < 1.29 is 5.11 Å². The third kappa shape index (κ3) is 1.67. The minimum atomic E-state index is -0.159. The van der Waals surface area contributed by atoms with Gasteiger partial charge in [0.15, 0.2) is 0 Å². The lowest BCUT2D eigenvalue weighted by Crippen LogP contribution is -2.32. The monoisotopic (exact) mass is 119 g/mol. The summed E-state index contributed by atoms with van der Waals surface area (Å²) in [6.07, 6.45) is 0. The summed E-state index contributed by atoms with van der Waals surface area (Å²) in [4.78, 5) is 0. The summed E-state index contributed by atoms with van der Waals surface area (Å²) in [6, 6.07) is 0. The summed E-state index contributed by atoms with van der Waals surface area (Å²) in [5.74, 6) is 1.04. The molecule has 0 aromatic heterocycles. The lowest BCUT2D eigenvalue weighted by molar-refractivity contribution is 0.254. The van der Waals surface area contributed by atoms with Gasteiger partial charge >= 0.3 is 0 Å². The molecule has 0 amide bonds. The van der Waals surface area contributed by atoms with Crippen LogP contribution >= 0.6 is 11.8 Å². The van der Waals surface area contributed by atoms with Gasteiger partial charge in [0.25, 0.3) is 0 Å². The molecular formula is C4H9NOS. The molecule has 0 aromatic carbocycles. The van der Waals surface area contributed by atoms with Crippen molar-refractivity contribution in [1.29, 1.82) is 0 Å². The summed E-state index contributed by atoms with van der Waals surface area (Å²) in [6.45, 7) is 1.80. The van der Waals surface area contributed by atoms with Crippen LogP contribution in [0.25, 0.3) is 0 Å². The van der Waals surface area contributed by atoms with Crippen molar-refractivity contribution in [1.82, 2.24) is 5.32 Å². The van der Waals surface area contributed by atoms with Crippen LogP contribution in [0.4, 0.5) is 0 Å². The Balaban J connectivity index is 2.12. The smallest absolute Gasteiger partial charge is 0.112 e. The fraction of sp³-hybridized carbons (Fsp3) is 1.00. The van der Waals surface area contributed by atoms with E-state index in [0.29, 0.717) is 0 Å². The Kier molecular flexibility index (Phi) is 1.97. The minimum Gasteiger partial charge on any atom is -0.381 e. The third-order valence-corrected chi connectivity index (χ3v) is 1.90. The van der Waals surface area contributed by atoms with Gasteiger partial charge in [-0.15, -0.1) is 11.8 Å². The van der Waals surface area contributed by atoms with Gasteiger partial charge in [0.1, 0.15) is 5.44 Å². The Morgan fingerprint density at radius 1 is 1.71 bits per heavy atom. The van der Waals surface area contributed by atoms with Gasteiger partial charge in [0.2, 0.25) is 0 Å². The number of thioether (sulfide) groups is 1. The van der Waals surface area contributed by atoms with Crippen LogP contribution in [-0.2, 0) is 0 Å². The van der Waals surface area contributed by atoms with Crippen LogP contribution < -0.4 is 5.32 Å². The Labute approximate surface area is 47.3 Å². The molecule has 1 unspecified atom stereocenters. The predicted molar refractivity (Wildman–Crippen MR) is 31.3 cm³/mol. The minimum absolute atomic E-state index is 0.159. The predicted octanol–water partition coefficient (Wildman–Crippen LogP) is -0.359. The molecule has 0 aromatic rings. The van der Waals surface area contributed by atoms with E-state index in [9.17, 15) is 0 Å². The molecule has 7 heavy (non-hydrogen) atoms. The maximum Gasteiger partial charge on any atom is 0.112 e. The van der Waals surface area contributed by atoms with Gasteiger partial charge in [-0.25, -0.2) is 0 Å². The van der Waals surface area contributed by atoms with E-state index in [0.717, 1.165) is 18.8 Å². The molecule has 3 heteroatoms. The van der Waals surface area contributed by atoms with Crippen molar-refractivity contribution in [3.63, 3.8) is 0 Å². The molecule has 1 saturated heterocycles. The summed E-state index contributed by atoms with van der Waals surface area (Å²) in [5.41, 5.74) is -0.159. The van der Waals surface area contributed by atoms with Crippen molar-refractivity contribution in [2.24, 2.45) is 0 Å². The lowest BCUT2D eigenvalue weighted by atomic mass is 10.6. The van der Waals surface area contributed by atoms with Crippen LogP contribution in [-0.4, -0.2) is 29.4 Å². The van der Waals surface area contributed by atoms with Gasteiger partial charge < -0.3 is 10.4 Å². The molecule has 0 bridgehead atoms. The molecule has 1 atom stereocenters. The maximum absolute atomic E-state index is 8.81. The zero-order chi connectivity index (χ0) is 5.11. The van der Waals surface area contributed by atoms with Crippen LogP contribution in [0.15, 0.2) is 0 Å². The number of nitrogens with one attached hydrogen (secondary N) is 1. The number of aliphatic hydroxyl groups is 1. The van der Waals surface area contributed by atoms with E-state index < -0.39 is 0 Å². The van der Waals surface area contributed by atoms with E-state index in [2.05, 4.69) is 5.32 Å². The van der Waals surface area contributed by atoms with E-state index in [1.54, 1.807) is 11.8 Å². The molecular weight excluding hydrogens is 110 g/mol. The average Bonchev–Trinajstić information content (AvgIpc) is 1.69. The first kappa shape index (κ1) is 5.41. The van der Waals surface area contributed by atoms with Crippen LogP contribution in [0.3, 0.4) is 0 Å². The highest BCUT2D eigenvalue weighted by molar-refractivity contribution is 7.99. The van der Waals surface area contributed by atoms with Gasteiger partial charge in [0, 0.05) is 18.8 Å². The van der Waals surface area contributed by atoms with Gasteiger partial charge in [-0.05, 0) is 0 Å². The second-order valence-corrected chi connectivity index (χ2v) is 2.82. The highest BCUT2D eigenvalue weighted by Gasteiger charge is 2.07. The van der Waals surface area contributed by atoms with Crippen LogP contribution in [0, 0.1) is 0 Å². The fourth-order valence-electron chi connectivity index (χ4n) is 0.552. The standard InChI is InChI=1S/C4H9NOS/c6-4-3-5-1-2-7-4/h4-6H,1-3H2. The quantitative estimate of drug-likeness (QED) is 0.457. The summed E-state index contributed by atoms with van der Waals surface area (Å²) in [7, 11) is 0. The molecule has 1 rings (SSSR count). The topological polar surface area (TPSA) is 32.3 Å². The van der Waals surface area contributed by atoms with Crippen molar-refractivity contribution in [2.45, 2.75) is 5.44 Å². The van der Waals surface area contributed by atoms with Crippen molar-refractivity contribution >= 4 is 11.8 Å². The third-order valence-electron chi connectivity index (χ3n) is 0.908. The average molecular weight is 119 g/mol. The van der Waals surface area contributed by atoms with Gasteiger partial charge in [-0.1, -0.05) is 0 Å². The molecule has 1 aliphatic rings. The molecule has 2 nitrogen and oxygen atoms in total. The molecule has 1 fully saturated rings. The second kappa shape index (κ2) is 2.55. The van der Waals surface area contributed by atoms with E-state index in [1.165, 1.54) is 0 Å². The Bertz CT molecular complexity index is 53.7. The first-order chi connectivity index (χ1) is 3.39. The van der Waals surface area contributed by atoms with E-state index >= 15 is 0 Å². The van der Waals surface area contributed by atoms with Crippen molar-refractivity contribution in [2.75, 3.05) is 18.8 Å². The normalized spacial score (nSPS) is 33.0. The first-order valence-electron chi connectivity index (χ1n) is 2.40. The SMILES string of the molecule is OC1CNCCS1. The van der Waals surface area contributed by atoms with Crippen LogP contribution in [0.2, 0.25) is 0 Å². The fourth-order valence-corrected chi connectivity index (χ4v) is 1.32. The van der Waals surface area contributed by atoms with E-state index in [1.807, 2.05) is 0 Å². The Morgan fingerprint density at radius 2 is 2.57 bits per heavy atom. The lowest BCUT2D eigenvalue weighted by Gasteiger charge is -2.16. The number of β-amino-alcohol motifs (C(OH)–C–C–N with tert-alkyl or cyclic N) is 1. The maximum atomic E-state index is 8.81. The van der Waals surface area contributed by atoms with Crippen molar-refractivity contribution in [3.05, 3.63) is 0 Å². The molecule has 0 saturated carbocycles. The van der Waals surface area contributed by atoms with Crippen LogP contribution in [0.1, 0.15) is 0 Å². The molecule has 2 N–H and O–H groups in total. The first-order valence-corrected chi connectivity index (χ1v) is 3.45. The van der Waals surface area contributed by atoms with Crippen molar-refractivity contribution in [3.8, 4) is 0 Å². The Morgan fingerprint density at radius 3 is 2.86 bits per heavy atom. The number of rotatable bonds is 0. The molecule has 0 aliphatic carbocycles. The summed E-state index contributed by atoms with van der Waals surface area (Å²) >= 11 is 1.61. The highest BCUT2D eigenvalue weighted by Crippen LogP contribution is 2.08. The summed E-state index contributed by atoms with van der Waals surface area (Å²) < 4.78 is 0. The number of hydrogen-bond donors (Lipinski definition) is 2. The largest absolute Gasteiger partial charge is 0.381 e. The molecule has 0 radical (unpaired) electrons. The molecule has 1 heterocycles. The van der Waals surface area contributed by atoms with E-state index in [-0.39, 0.29) is 5.44 Å². The number of hydrogen-bond acceptors (Lipinski definition) is 3. The second-order valence-electron chi connectivity index (χ2n) is 1.53. The van der Waals surface area contributed by atoms with Gasteiger partial charge in [-0.2, -0.15) is 0 Å². The molecule has 42 valence electrons. The van der Waals surface area contributed by atoms with E-state index in [4.69, 9.17) is 5.11 Å². The molecule has 1 aliphatic heterocycles. The van der Waals surface area contributed by atoms with Crippen LogP contribution in [0.5, 0.6) is 0 Å². The van der Waals surface area contributed by atoms with Gasteiger partial charge in [-0.3, -0.25) is 0 Å². The Hall–Kier alpha value is 0.270. The zero-order valence-electron chi connectivity index (χ0n) is 4.05. The number of aliphatic hydroxyl groups excluding tert-OH is 1. The summed E-state index contributed by atoms with van der Waals surface area (Å²) in [5, 5.41) is 11.9. The highest BCUT2D eigenvalue weighted by atomic mass is 32.2. The zero-order valence-corrected chi connectivity index (χ0v) is 4.87.